The molecule has 1 heterocycles. The minimum absolute atomic E-state index is 0.470. The van der Waals surface area contributed by atoms with Gasteiger partial charge in [0, 0.05) is 5.56 Å². The van der Waals surface area contributed by atoms with E-state index in [1.807, 2.05) is 49.4 Å². The van der Waals surface area contributed by atoms with Crippen molar-refractivity contribution in [1.82, 2.24) is 0 Å². The summed E-state index contributed by atoms with van der Waals surface area (Å²) in [5, 5.41) is 0. The molecule has 0 unspecified atom stereocenters. The van der Waals surface area contributed by atoms with Gasteiger partial charge in [0.1, 0.15) is 11.9 Å². The summed E-state index contributed by atoms with van der Waals surface area (Å²) in [5.41, 5.74) is 8.19. The van der Waals surface area contributed by atoms with E-state index in [0.717, 1.165) is 16.8 Å². The van der Waals surface area contributed by atoms with Crippen LogP contribution < -0.4 is 10.3 Å². The number of carbonyl (C=O) groups is 1. The third-order valence-electron chi connectivity index (χ3n) is 2.48. The maximum absolute atomic E-state index is 11.3. The van der Waals surface area contributed by atoms with Crippen LogP contribution in [0.4, 0.5) is 4.79 Å². The molecule has 0 radical (unpaired) electrons. The van der Waals surface area contributed by atoms with E-state index >= 15 is 0 Å². The lowest BCUT2D eigenvalue weighted by Crippen LogP contribution is -2.49. The van der Waals surface area contributed by atoms with Gasteiger partial charge in [0.25, 0.3) is 0 Å². The van der Waals surface area contributed by atoms with Crippen molar-refractivity contribution in [3.8, 4) is 11.3 Å². The number of hydrogen-bond donors (Lipinski definition) is 1. The molecule has 0 saturated carbocycles. The molecular formula is C13H13N2O+. The van der Waals surface area contributed by atoms with Crippen molar-refractivity contribution in [2.24, 2.45) is 5.73 Å². The van der Waals surface area contributed by atoms with Gasteiger partial charge in [0.05, 0.1) is 0 Å². The molecule has 3 nitrogen and oxygen atoms in total. The highest BCUT2D eigenvalue weighted by atomic mass is 16.2. The van der Waals surface area contributed by atoms with Gasteiger partial charge in [-0.25, -0.2) is 0 Å². The average Bonchev–Trinajstić information content (AvgIpc) is 2.29. The molecule has 2 rings (SSSR count). The Morgan fingerprint density at radius 1 is 1.12 bits per heavy atom. The molecule has 1 aromatic carbocycles. The quantitative estimate of drug-likeness (QED) is 0.722. The summed E-state index contributed by atoms with van der Waals surface area (Å²) in [6, 6.07) is 13.0. The molecule has 0 atom stereocenters. The number of aromatic nitrogens is 1. The maximum Gasteiger partial charge on any atom is 0.494 e. The lowest BCUT2D eigenvalue weighted by Gasteiger charge is -2.06. The molecule has 0 aliphatic carbocycles. The molecule has 80 valence electrons. The Bertz CT molecular complexity index is 521. The van der Waals surface area contributed by atoms with Crippen molar-refractivity contribution in [2.75, 3.05) is 0 Å². The van der Waals surface area contributed by atoms with E-state index in [4.69, 9.17) is 5.73 Å². The first-order chi connectivity index (χ1) is 7.70. The van der Waals surface area contributed by atoms with Crippen LogP contribution in [0.3, 0.4) is 0 Å². The molecule has 0 saturated heterocycles. The molecule has 1 amide bonds. The standard InChI is InChI=1S/C13H12N2O/c1-10-6-5-9-15(13(14)16)12(10)11-7-3-2-4-8-11/h2-9H,1H3,(H-,14,16)/p+1. The Morgan fingerprint density at radius 2 is 1.81 bits per heavy atom. The zero-order chi connectivity index (χ0) is 11.5. The predicted octanol–water partition coefficient (Wildman–Crippen LogP) is 1.88. The fourth-order valence-corrected chi connectivity index (χ4v) is 1.76. The molecule has 0 spiro atoms. The van der Waals surface area contributed by atoms with Crippen LogP contribution in [0.5, 0.6) is 0 Å². The van der Waals surface area contributed by atoms with Gasteiger partial charge in [-0.2, -0.15) is 9.36 Å². The average molecular weight is 213 g/mol. The SMILES string of the molecule is Cc1ccc[n+](C(N)=O)c1-c1ccccc1. The minimum Gasteiger partial charge on any atom is -0.250 e. The Balaban J connectivity index is 2.68. The summed E-state index contributed by atoms with van der Waals surface area (Å²) in [4.78, 5) is 11.3. The van der Waals surface area contributed by atoms with E-state index in [1.54, 1.807) is 6.20 Å². The smallest absolute Gasteiger partial charge is 0.250 e. The second-order valence-corrected chi connectivity index (χ2v) is 3.61. The molecule has 1 aromatic heterocycles. The van der Waals surface area contributed by atoms with E-state index in [1.165, 1.54) is 4.57 Å². The summed E-state index contributed by atoms with van der Waals surface area (Å²) in [5.74, 6) is 0. The number of pyridine rings is 1. The van der Waals surface area contributed by atoms with Gasteiger partial charge in [-0.15, -0.1) is 0 Å². The number of hydrogen-bond acceptors (Lipinski definition) is 1. The molecule has 0 aliphatic rings. The summed E-state index contributed by atoms with van der Waals surface area (Å²) in [7, 11) is 0. The van der Waals surface area contributed by atoms with Crippen molar-refractivity contribution < 1.29 is 9.36 Å². The van der Waals surface area contributed by atoms with Gasteiger partial charge in [-0.05, 0) is 18.6 Å². The summed E-state index contributed by atoms with van der Waals surface area (Å²) in [6.45, 7) is 1.96. The van der Waals surface area contributed by atoms with Crippen LogP contribution in [-0.4, -0.2) is 6.03 Å². The Hall–Kier alpha value is -2.16. The van der Waals surface area contributed by atoms with Crippen LogP contribution in [0, 0.1) is 6.92 Å². The van der Waals surface area contributed by atoms with Crippen LogP contribution in [0.15, 0.2) is 48.7 Å². The number of amides is 1. The van der Waals surface area contributed by atoms with Gasteiger partial charge < -0.3 is 0 Å². The fraction of sp³-hybridized carbons (Fsp3) is 0.0769. The monoisotopic (exact) mass is 213 g/mol. The topological polar surface area (TPSA) is 47.0 Å². The molecule has 3 heteroatoms. The molecule has 0 aliphatic heterocycles. The van der Waals surface area contributed by atoms with Gasteiger partial charge in [-0.1, -0.05) is 36.4 Å². The normalized spacial score (nSPS) is 10.1. The first-order valence-electron chi connectivity index (χ1n) is 5.06. The molecule has 2 N–H and O–H groups in total. The fourth-order valence-electron chi connectivity index (χ4n) is 1.76. The molecule has 0 fully saturated rings. The van der Waals surface area contributed by atoms with E-state index in [9.17, 15) is 4.79 Å². The second-order valence-electron chi connectivity index (χ2n) is 3.61. The molecule has 0 bridgehead atoms. The summed E-state index contributed by atoms with van der Waals surface area (Å²) >= 11 is 0. The van der Waals surface area contributed by atoms with Gasteiger partial charge in [0.2, 0.25) is 0 Å². The van der Waals surface area contributed by atoms with Gasteiger partial charge >= 0.3 is 6.03 Å². The van der Waals surface area contributed by atoms with Crippen LogP contribution >= 0.6 is 0 Å². The number of nitrogens with zero attached hydrogens (tertiary/aromatic N) is 1. The highest BCUT2D eigenvalue weighted by molar-refractivity contribution is 5.68. The summed E-state index contributed by atoms with van der Waals surface area (Å²) in [6.07, 6.45) is 1.68. The lowest BCUT2D eigenvalue weighted by atomic mass is 10.1. The van der Waals surface area contributed by atoms with Crippen molar-refractivity contribution in [2.45, 2.75) is 6.92 Å². The number of rotatable bonds is 1. The van der Waals surface area contributed by atoms with Crippen LogP contribution in [0.25, 0.3) is 11.3 Å². The van der Waals surface area contributed by atoms with Crippen LogP contribution in [0.1, 0.15) is 5.56 Å². The van der Waals surface area contributed by atoms with Crippen LogP contribution in [-0.2, 0) is 0 Å². The van der Waals surface area contributed by atoms with E-state index in [0.29, 0.717) is 0 Å². The zero-order valence-electron chi connectivity index (χ0n) is 9.05. The minimum atomic E-state index is -0.470. The van der Waals surface area contributed by atoms with Gasteiger partial charge in [-0.3, -0.25) is 5.73 Å². The Kier molecular flexibility index (Phi) is 2.68. The lowest BCUT2D eigenvalue weighted by molar-refractivity contribution is -0.558. The molecular weight excluding hydrogens is 200 g/mol. The van der Waals surface area contributed by atoms with Crippen molar-refractivity contribution in [3.05, 3.63) is 54.2 Å². The van der Waals surface area contributed by atoms with E-state index < -0.39 is 6.03 Å². The van der Waals surface area contributed by atoms with E-state index in [2.05, 4.69) is 0 Å². The number of benzene rings is 1. The Morgan fingerprint density at radius 3 is 2.44 bits per heavy atom. The predicted molar refractivity (Wildman–Crippen MR) is 61.8 cm³/mol. The molecule has 2 aromatic rings. The zero-order valence-corrected chi connectivity index (χ0v) is 9.05. The third kappa shape index (κ3) is 1.80. The second kappa shape index (κ2) is 4.14. The van der Waals surface area contributed by atoms with Crippen molar-refractivity contribution in [3.63, 3.8) is 0 Å². The summed E-state index contributed by atoms with van der Waals surface area (Å²) < 4.78 is 1.46. The van der Waals surface area contributed by atoms with Crippen molar-refractivity contribution >= 4 is 6.03 Å². The number of carbonyl (C=O) groups excluding carboxylic acids is 1. The highest BCUT2D eigenvalue weighted by Gasteiger charge is 2.16. The van der Waals surface area contributed by atoms with E-state index in [-0.39, 0.29) is 0 Å². The number of primary amides is 1. The largest absolute Gasteiger partial charge is 0.494 e. The maximum atomic E-state index is 11.3. The van der Waals surface area contributed by atoms with Gasteiger partial charge in [0.15, 0.2) is 0 Å². The number of aryl methyl sites for hydroxylation is 1. The number of nitrogens with two attached hydrogens (primary N) is 1. The third-order valence-corrected chi connectivity index (χ3v) is 2.48. The van der Waals surface area contributed by atoms with Crippen LogP contribution in [0.2, 0.25) is 0 Å². The van der Waals surface area contributed by atoms with Crippen molar-refractivity contribution in [1.29, 1.82) is 0 Å². The molecule has 16 heavy (non-hydrogen) atoms. The first-order valence-corrected chi connectivity index (χ1v) is 5.06. The Labute approximate surface area is 94.1 Å². The first kappa shape index (κ1) is 10.4. The highest BCUT2D eigenvalue weighted by Crippen LogP contribution is 2.18.